The molecule has 0 aromatic heterocycles. The molecule has 20 heavy (non-hydrogen) atoms. The molecule has 1 aliphatic carbocycles. The Hall–Kier alpha value is -0.980. The van der Waals surface area contributed by atoms with Gasteiger partial charge in [-0.2, -0.15) is 13.2 Å². The molecule has 0 radical (unpaired) electrons. The van der Waals surface area contributed by atoms with Gasteiger partial charge in [0, 0.05) is 32.7 Å². The smallest absolute Gasteiger partial charge is 0.338 e. The Bertz CT molecular complexity index is 336. The normalized spacial score (nSPS) is 22.7. The predicted octanol–water partition coefficient (Wildman–Crippen LogP) is 2.06. The van der Waals surface area contributed by atoms with Crippen molar-refractivity contribution in [2.45, 2.75) is 38.4 Å². The number of carbonyl (C=O) groups is 1. The standard InChI is InChI=1S/C13H22F3N3O/c1-10(13(14,15)16)18-6-8-19(9-7-18)12(20)17-5-4-11-2-3-11/h10-11H,2-9H2,1H3,(H,17,20)/t10-/m0/s1. The first-order chi connectivity index (χ1) is 9.38. The molecule has 2 rings (SSSR count). The summed E-state index contributed by atoms with van der Waals surface area (Å²) >= 11 is 0. The number of halogens is 3. The quantitative estimate of drug-likeness (QED) is 0.861. The summed E-state index contributed by atoms with van der Waals surface area (Å²) in [4.78, 5) is 14.8. The molecule has 2 aliphatic rings. The van der Waals surface area contributed by atoms with E-state index in [1.54, 1.807) is 4.90 Å². The van der Waals surface area contributed by atoms with Gasteiger partial charge < -0.3 is 10.2 Å². The van der Waals surface area contributed by atoms with Gasteiger partial charge in [-0.1, -0.05) is 12.8 Å². The molecule has 0 aromatic carbocycles. The molecule has 4 nitrogen and oxygen atoms in total. The number of carbonyl (C=O) groups excluding carboxylic acids is 1. The molecule has 0 bridgehead atoms. The molecular formula is C13H22F3N3O. The van der Waals surface area contributed by atoms with E-state index in [1.807, 2.05) is 0 Å². The van der Waals surface area contributed by atoms with E-state index >= 15 is 0 Å². The zero-order valence-corrected chi connectivity index (χ0v) is 11.7. The fraction of sp³-hybridized carbons (Fsp3) is 0.923. The Morgan fingerprint density at radius 2 is 1.85 bits per heavy atom. The summed E-state index contributed by atoms with van der Waals surface area (Å²) in [6, 6.07) is -1.59. The summed E-state index contributed by atoms with van der Waals surface area (Å²) in [7, 11) is 0. The highest BCUT2D eigenvalue weighted by Crippen LogP contribution is 2.31. The summed E-state index contributed by atoms with van der Waals surface area (Å²) in [5, 5.41) is 2.84. The van der Waals surface area contributed by atoms with Gasteiger partial charge in [-0.3, -0.25) is 4.90 Å². The number of alkyl halides is 3. The van der Waals surface area contributed by atoms with Crippen LogP contribution in [-0.2, 0) is 0 Å². The van der Waals surface area contributed by atoms with Crippen LogP contribution in [0.4, 0.5) is 18.0 Å². The Morgan fingerprint density at radius 3 is 2.35 bits per heavy atom. The number of rotatable bonds is 4. The molecule has 2 fully saturated rings. The van der Waals surface area contributed by atoms with Crippen molar-refractivity contribution < 1.29 is 18.0 Å². The largest absolute Gasteiger partial charge is 0.403 e. The van der Waals surface area contributed by atoms with Crippen molar-refractivity contribution in [2.75, 3.05) is 32.7 Å². The maximum atomic E-state index is 12.6. The summed E-state index contributed by atoms with van der Waals surface area (Å²) in [5.74, 6) is 0.764. The highest BCUT2D eigenvalue weighted by molar-refractivity contribution is 5.74. The van der Waals surface area contributed by atoms with E-state index < -0.39 is 12.2 Å². The number of nitrogens with zero attached hydrogens (tertiary/aromatic N) is 2. The SMILES string of the molecule is C[C@H](N1CCN(C(=O)NCCC2CC2)CC1)C(F)(F)F. The van der Waals surface area contributed by atoms with Crippen LogP contribution in [0.1, 0.15) is 26.2 Å². The van der Waals surface area contributed by atoms with Crippen molar-refractivity contribution in [3.8, 4) is 0 Å². The van der Waals surface area contributed by atoms with Gasteiger partial charge in [-0.15, -0.1) is 0 Å². The molecule has 1 heterocycles. The third kappa shape index (κ3) is 4.26. The topological polar surface area (TPSA) is 35.6 Å². The van der Waals surface area contributed by atoms with Gasteiger partial charge in [0.25, 0.3) is 0 Å². The zero-order valence-electron chi connectivity index (χ0n) is 11.7. The Balaban J connectivity index is 1.68. The number of hydrogen-bond donors (Lipinski definition) is 1. The lowest BCUT2D eigenvalue weighted by atomic mass is 10.2. The molecule has 1 aliphatic heterocycles. The Labute approximate surface area is 117 Å². The molecule has 0 spiro atoms. The van der Waals surface area contributed by atoms with Crippen LogP contribution in [0.2, 0.25) is 0 Å². The highest BCUT2D eigenvalue weighted by Gasteiger charge is 2.41. The van der Waals surface area contributed by atoms with E-state index in [0.717, 1.165) is 12.3 Å². The van der Waals surface area contributed by atoms with Crippen molar-refractivity contribution in [1.82, 2.24) is 15.1 Å². The van der Waals surface area contributed by atoms with E-state index in [4.69, 9.17) is 0 Å². The minimum atomic E-state index is -4.20. The lowest BCUT2D eigenvalue weighted by Crippen LogP contribution is -2.56. The third-order valence-corrected chi connectivity index (χ3v) is 4.15. The fourth-order valence-electron chi connectivity index (χ4n) is 2.42. The summed E-state index contributed by atoms with van der Waals surface area (Å²) in [6.07, 6.45) is -0.681. The number of urea groups is 1. The Kier molecular flexibility index (Phi) is 4.78. The Morgan fingerprint density at radius 1 is 1.25 bits per heavy atom. The van der Waals surface area contributed by atoms with Crippen LogP contribution in [0.25, 0.3) is 0 Å². The van der Waals surface area contributed by atoms with Crippen LogP contribution in [0.5, 0.6) is 0 Å². The lowest BCUT2D eigenvalue weighted by Gasteiger charge is -2.38. The van der Waals surface area contributed by atoms with E-state index in [2.05, 4.69) is 5.32 Å². The van der Waals surface area contributed by atoms with E-state index in [0.29, 0.717) is 19.6 Å². The van der Waals surface area contributed by atoms with E-state index in [1.165, 1.54) is 24.7 Å². The van der Waals surface area contributed by atoms with Gasteiger partial charge in [0.1, 0.15) is 6.04 Å². The van der Waals surface area contributed by atoms with E-state index in [9.17, 15) is 18.0 Å². The first kappa shape index (κ1) is 15.4. The molecule has 2 amide bonds. The molecule has 1 atom stereocenters. The minimum absolute atomic E-state index is 0.148. The van der Waals surface area contributed by atoms with Crippen LogP contribution in [0.3, 0.4) is 0 Å². The minimum Gasteiger partial charge on any atom is -0.338 e. The monoisotopic (exact) mass is 293 g/mol. The van der Waals surface area contributed by atoms with Crippen molar-refractivity contribution >= 4 is 6.03 Å². The number of nitrogens with one attached hydrogen (secondary N) is 1. The highest BCUT2D eigenvalue weighted by atomic mass is 19.4. The molecule has 7 heteroatoms. The molecule has 0 unspecified atom stereocenters. The van der Waals surface area contributed by atoms with Gasteiger partial charge in [-0.05, 0) is 19.3 Å². The van der Waals surface area contributed by atoms with Crippen LogP contribution in [0, 0.1) is 5.92 Å². The first-order valence-corrected chi connectivity index (χ1v) is 7.21. The van der Waals surface area contributed by atoms with E-state index in [-0.39, 0.29) is 19.1 Å². The second-order valence-electron chi connectivity index (χ2n) is 5.70. The fourth-order valence-corrected chi connectivity index (χ4v) is 2.42. The van der Waals surface area contributed by atoms with Crippen LogP contribution in [-0.4, -0.2) is 60.8 Å². The lowest BCUT2D eigenvalue weighted by molar-refractivity contribution is -0.181. The van der Waals surface area contributed by atoms with Gasteiger partial charge in [0.15, 0.2) is 0 Å². The first-order valence-electron chi connectivity index (χ1n) is 7.21. The van der Waals surface area contributed by atoms with Gasteiger partial charge >= 0.3 is 12.2 Å². The average molecular weight is 293 g/mol. The second kappa shape index (κ2) is 6.20. The summed E-state index contributed by atoms with van der Waals surface area (Å²) < 4.78 is 37.8. The molecular weight excluding hydrogens is 271 g/mol. The van der Waals surface area contributed by atoms with Crippen LogP contribution >= 0.6 is 0 Å². The average Bonchev–Trinajstić information content (AvgIpc) is 3.21. The molecule has 1 N–H and O–H groups in total. The number of amides is 2. The molecule has 1 saturated heterocycles. The van der Waals surface area contributed by atoms with Crippen molar-refractivity contribution in [3.63, 3.8) is 0 Å². The summed E-state index contributed by atoms with van der Waals surface area (Å²) in [6.45, 7) is 3.10. The van der Waals surface area contributed by atoms with Crippen molar-refractivity contribution in [1.29, 1.82) is 0 Å². The van der Waals surface area contributed by atoms with Crippen LogP contribution < -0.4 is 5.32 Å². The van der Waals surface area contributed by atoms with Crippen molar-refractivity contribution in [3.05, 3.63) is 0 Å². The molecule has 1 saturated carbocycles. The third-order valence-electron chi connectivity index (χ3n) is 4.15. The van der Waals surface area contributed by atoms with Gasteiger partial charge in [-0.25, -0.2) is 4.79 Å². The predicted molar refractivity (Wildman–Crippen MR) is 69.4 cm³/mol. The van der Waals surface area contributed by atoms with Gasteiger partial charge in [0.05, 0.1) is 0 Å². The van der Waals surface area contributed by atoms with Crippen LogP contribution in [0.15, 0.2) is 0 Å². The zero-order chi connectivity index (χ0) is 14.8. The van der Waals surface area contributed by atoms with Crippen molar-refractivity contribution in [2.24, 2.45) is 5.92 Å². The number of piperazine rings is 1. The second-order valence-corrected chi connectivity index (χ2v) is 5.70. The molecule has 0 aromatic rings. The molecule has 116 valence electrons. The maximum absolute atomic E-state index is 12.6. The number of hydrogen-bond acceptors (Lipinski definition) is 2. The maximum Gasteiger partial charge on any atom is 0.403 e. The van der Waals surface area contributed by atoms with Gasteiger partial charge in [0.2, 0.25) is 0 Å². The summed E-state index contributed by atoms with van der Waals surface area (Å²) in [5.41, 5.74) is 0.